The molecule has 0 aliphatic heterocycles. The molecule has 0 aromatic heterocycles. The van der Waals surface area contributed by atoms with Gasteiger partial charge in [-0.3, -0.25) is 9.59 Å². The van der Waals surface area contributed by atoms with E-state index in [1.807, 2.05) is 0 Å². The minimum Gasteiger partial charge on any atom is -1.00 e. The van der Waals surface area contributed by atoms with E-state index in [1.165, 1.54) is 6.08 Å². The summed E-state index contributed by atoms with van der Waals surface area (Å²) in [6.45, 7) is 3.25. The second-order valence-electron chi connectivity index (χ2n) is 2.18. The van der Waals surface area contributed by atoms with Gasteiger partial charge >= 0.3 is 38.1 Å². The predicted octanol–water partition coefficient (Wildman–Crippen LogP) is -4.11. The number of carboxylic acid groups (broad SMARTS) is 1. The van der Waals surface area contributed by atoms with Crippen LogP contribution in [-0.4, -0.2) is 34.4 Å². The third-order valence-corrected chi connectivity index (χ3v) is 1.21. The molecule has 0 radical (unpaired) electrons. The standard InChI is InChI=1S/C6H9BO6.Li.H/c1-2-3-4(5(8)9)6(10)13-7(11)12;;/h2,4,11-12H,1,3H2,(H,8,9);;/q;+1;-1. The van der Waals surface area contributed by atoms with Crippen molar-refractivity contribution < 1.29 is 49.7 Å². The molecular formula is C6H10BLiO6. The Bertz CT molecular complexity index is 224. The van der Waals surface area contributed by atoms with E-state index >= 15 is 0 Å². The maximum atomic E-state index is 10.8. The zero-order valence-corrected chi connectivity index (χ0v) is 7.71. The van der Waals surface area contributed by atoms with Crippen LogP contribution in [0.15, 0.2) is 12.7 Å². The summed E-state index contributed by atoms with van der Waals surface area (Å²) in [5.74, 6) is -4.05. The van der Waals surface area contributed by atoms with Crippen LogP contribution in [0.25, 0.3) is 0 Å². The molecule has 1 unspecified atom stereocenters. The van der Waals surface area contributed by atoms with Crippen molar-refractivity contribution in [1.29, 1.82) is 0 Å². The summed E-state index contributed by atoms with van der Waals surface area (Å²) in [4.78, 5) is 21.2. The number of carboxylic acids is 1. The average molecular weight is 196 g/mol. The summed E-state index contributed by atoms with van der Waals surface area (Å²) in [6.07, 6.45) is 1.10. The second kappa shape index (κ2) is 7.65. The maximum absolute atomic E-state index is 10.8. The molecule has 14 heavy (non-hydrogen) atoms. The van der Waals surface area contributed by atoms with E-state index < -0.39 is 25.2 Å². The number of aliphatic carboxylic acids is 1. The average Bonchev–Trinajstić information content (AvgIpc) is 1.97. The molecule has 3 N–H and O–H groups in total. The molecular weight excluding hydrogens is 186 g/mol. The van der Waals surface area contributed by atoms with E-state index in [0.29, 0.717) is 0 Å². The first-order valence-electron chi connectivity index (χ1n) is 3.39. The molecule has 0 rings (SSSR count). The summed E-state index contributed by atoms with van der Waals surface area (Å²) in [6, 6.07) is 0. The number of allylic oxidation sites excluding steroid dienone is 1. The first-order chi connectivity index (χ1) is 5.99. The zero-order valence-electron chi connectivity index (χ0n) is 8.71. The van der Waals surface area contributed by atoms with Crippen LogP contribution in [-0.2, 0) is 14.2 Å². The molecule has 0 amide bonds. The predicted molar refractivity (Wildman–Crippen MR) is 43.3 cm³/mol. The summed E-state index contributed by atoms with van der Waals surface area (Å²) in [5.41, 5.74) is 0. The third kappa shape index (κ3) is 5.83. The number of hydrogen-bond donors (Lipinski definition) is 3. The van der Waals surface area contributed by atoms with Crippen molar-refractivity contribution in [2.24, 2.45) is 5.92 Å². The Hall–Kier alpha value is -0.738. The molecule has 0 saturated carbocycles. The van der Waals surface area contributed by atoms with Crippen molar-refractivity contribution in [2.75, 3.05) is 0 Å². The Kier molecular flexibility index (Phi) is 8.59. The van der Waals surface area contributed by atoms with Crippen molar-refractivity contribution in [2.45, 2.75) is 6.42 Å². The first-order valence-corrected chi connectivity index (χ1v) is 3.39. The fraction of sp³-hybridized carbons (Fsp3) is 0.333. The van der Waals surface area contributed by atoms with E-state index in [9.17, 15) is 9.59 Å². The second-order valence-corrected chi connectivity index (χ2v) is 2.18. The summed E-state index contributed by atoms with van der Waals surface area (Å²) in [5, 5.41) is 24.9. The van der Waals surface area contributed by atoms with Crippen molar-refractivity contribution in [3.63, 3.8) is 0 Å². The zero-order chi connectivity index (χ0) is 10.4. The molecule has 0 aliphatic rings. The van der Waals surface area contributed by atoms with Crippen LogP contribution >= 0.6 is 0 Å². The molecule has 74 valence electrons. The SMILES string of the molecule is C=CCC(C(=O)O)C(=O)OB(O)O.[H-].[Li+]. The molecule has 0 aromatic carbocycles. The minimum absolute atomic E-state index is 0. The quantitative estimate of drug-likeness (QED) is 0.234. The van der Waals surface area contributed by atoms with Crippen molar-refractivity contribution >= 4 is 19.3 Å². The number of carbonyl (C=O) groups excluding carboxylic acids is 1. The largest absolute Gasteiger partial charge is 1.00 e. The van der Waals surface area contributed by atoms with E-state index in [2.05, 4.69) is 11.2 Å². The van der Waals surface area contributed by atoms with Crippen LogP contribution in [0.2, 0.25) is 0 Å². The Labute approximate surface area is 94.4 Å². The third-order valence-electron chi connectivity index (χ3n) is 1.21. The Morgan fingerprint density at radius 3 is 2.36 bits per heavy atom. The van der Waals surface area contributed by atoms with Crippen molar-refractivity contribution in [3.05, 3.63) is 12.7 Å². The Morgan fingerprint density at radius 1 is 1.57 bits per heavy atom. The molecule has 0 saturated heterocycles. The van der Waals surface area contributed by atoms with Gasteiger partial charge in [-0.1, -0.05) is 6.08 Å². The van der Waals surface area contributed by atoms with Crippen LogP contribution in [0.4, 0.5) is 0 Å². The molecule has 0 bridgehead atoms. The fourth-order valence-electron chi connectivity index (χ4n) is 0.651. The Morgan fingerprint density at radius 2 is 2.07 bits per heavy atom. The van der Waals surface area contributed by atoms with Gasteiger partial charge < -0.3 is 21.2 Å². The van der Waals surface area contributed by atoms with Crippen LogP contribution in [0.5, 0.6) is 0 Å². The van der Waals surface area contributed by atoms with Gasteiger partial charge in [0.1, 0.15) is 0 Å². The summed E-state index contributed by atoms with van der Waals surface area (Å²) >= 11 is 0. The Balaban J connectivity index is -0.000000720. The number of rotatable bonds is 5. The molecule has 0 heterocycles. The normalized spacial score (nSPS) is 10.7. The van der Waals surface area contributed by atoms with Gasteiger partial charge in [-0.25, -0.2) is 0 Å². The van der Waals surface area contributed by atoms with Crippen LogP contribution < -0.4 is 18.9 Å². The van der Waals surface area contributed by atoms with E-state index in [4.69, 9.17) is 15.2 Å². The van der Waals surface area contributed by atoms with E-state index in [-0.39, 0.29) is 26.7 Å². The molecule has 1 atom stereocenters. The molecule has 0 aliphatic carbocycles. The van der Waals surface area contributed by atoms with Crippen LogP contribution in [0.1, 0.15) is 7.85 Å². The molecule has 6 nitrogen and oxygen atoms in total. The van der Waals surface area contributed by atoms with Gasteiger partial charge in [-0.2, -0.15) is 0 Å². The smallest absolute Gasteiger partial charge is 1.00 e. The van der Waals surface area contributed by atoms with E-state index in [1.54, 1.807) is 0 Å². The molecule has 0 fully saturated rings. The van der Waals surface area contributed by atoms with Gasteiger partial charge in [-0.15, -0.1) is 6.58 Å². The molecule has 8 heteroatoms. The van der Waals surface area contributed by atoms with Gasteiger partial charge in [0.05, 0.1) is 0 Å². The summed E-state index contributed by atoms with van der Waals surface area (Å²) < 4.78 is 3.87. The number of carbonyl (C=O) groups is 2. The minimum atomic E-state index is -2.29. The number of hydrogen-bond acceptors (Lipinski definition) is 5. The van der Waals surface area contributed by atoms with E-state index in [0.717, 1.165) is 0 Å². The maximum Gasteiger partial charge on any atom is 1.00 e. The van der Waals surface area contributed by atoms with Crippen LogP contribution in [0, 0.1) is 5.92 Å². The molecule has 0 aromatic rings. The topological polar surface area (TPSA) is 104 Å². The van der Waals surface area contributed by atoms with Gasteiger partial charge in [0, 0.05) is 0 Å². The monoisotopic (exact) mass is 196 g/mol. The van der Waals surface area contributed by atoms with Crippen molar-refractivity contribution in [1.82, 2.24) is 0 Å². The first kappa shape index (κ1) is 15.7. The fourth-order valence-corrected chi connectivity index (χ4v) is 0.651. The summed E-state index contributed by atoms with van der Waals surface area (Å²) in [7, 11) is -2.29. The van der Waals surface area contributed by atoms with Crippen LogP contribution in [0.3, 0.4) is 0 Å². The van der Waals surface area contributed by atoms with Crippen molar-refractivity contribution in [3.8, 4) is 0 Å². The molecule has 0 spiro atoms. The van der Waals surface area contributed by atoms with Gasteiger partial charge in [0.15, 0.2) is 5.92 Å². The van der Waals surface area contributed by atoms with Gasteiger partial charge in [0.25, 0.3) is 0 Å². The van der Waals surface area contributed by atoms with Gasteiger partial charge in [-0.05, 0) is 6.42 Å². The van der Waals surface area contributed by atoms with Gasteiger partial charge in [0.2, 0.25) is 0 Å².